The monoisotopic (exact) mass is 398 g/mol. The number of carbonyl (C=O) groups is 2. The molecule has 0 aliphatic heterocycles. The molecule has 7 heteroatoms. The van der Waals surface area contributed by atoms with Crippen LogP contribution >= 0.6 is 11.3 Å². The Morgan fingerprint density at radius 1 is 1.25 bits per heavy atom. The van der Waals surface area contributed by atoms with E-state index < -0.39 is 17.5 Å². The van der Waals surface area contributed by atoms with Crippen LogP contribution in [0, 0.1) is 11.3 Å². The number of hydrogen-bond acceptors (Lipinski definition) is 7. The van der Waals surface area contributed by atoms with Crippen molar-refractivity contribution < 1.29 is 19.1 Å². The van der Waals surface area contributed by atoms with Crippen molar-refractivity contribution in [1.82, 2.24) is 0 Å². The molecule has 28 heavy (non-hydrogen) atoms. The Bertz CT molecular complexity index is 918. The van der Waals surface area contributed by atoms with Gasteiger partial charge in [0.2, 0.25) is 0 Å². The molecule has 2 rings (SSSR count). The minimum Gasteiger partial charge on any atom is -0.462 e. The fourth-order valence-electron chi connectivity index (χ4n) is 2.21. The molecule has 1 heterocycles. The van der Waals surface area contributed by atoms with Crippen molar-refractivity contribution in [2.75, 3.05) is 11.9 Å². The lowest BCUT2D eigenvalue weighted by Gasteiger charge is -2.18. The lowest BCUT2D eigenvalue weighted by Crippen LogP contribution is -2.24. The topological polar surface area (TPSA) is 88.4 Å². The van der Waals surface area contributed by atoms with Gasteiger partial charge >= 0.3 is 11.9 Å². The number of hydrogen-bond donors (Lipinski definition) is 1. The number of rotatable bonds is 6. The van der Waals surface area contributed by atoms with Gasteiger partial charge in [0.05, 0.1) is 12.2 Å². The zero-order valence-corrected chi connectivity index (χ0v) is 17.1. The first-order chi connectivity index (χ1) is 13.2. The number of benzene rings is 1. The highest BCUT2D eigenvalue weighted by Crippen LogP contribution is 2.36. The maximum atomic E-state index is 12.3. The van der Waals surface area contributed by atoms with E-state index in [1.165, 1.54) is 17.5 Å². The summed E-state index contributed by atoms with van der Waals surface area (Å²) in [6, 6.07) is 13.1. The minimum atomic E-state index is -0.736. The molecule has 0 radical (unpaired) electrons. The number of esters is 2. The van der Waals surface area contributed by atoms with Gasteiger partial charge in [-0.25, -0.2) is 9.59 Å². The van der Waals surface area contributed by atoms with Crippen LogP contribution in [0.3, 0.4) is 0 Å². The maximum Gasteiger partial charge on any atom is 0.350 e. The molecule has 0 bridgehead atoms. The quantitative estimate of drug-likeness (QED) is 0.429. The molecule has 0 saturated carbocycles. The lowest BCUT2D eigenvalue weighted by atomic mass is 10.1. The molecule has 0 aliphatic rings. The summed E-state index contributed by atoms with van der Waals surface area (Å²) in [5.74, 6) is -1.22. The fraction of sp³-hybridized carbons (Fsp3) is 0.286. The number of nitrogens with zero attached hydrogens (tertiary/aromatic N) is 1. The van der Waals surface area contributed by atoms with E-state index in [0.717, 1.165) is 10.4 Å². The van der Waals surface area contributed by atoms with Crippen molar-refractivity contribution in [1.29, 1.82) is 5.26 Å². The van der Waals surface area contributed by atoms with E-state index in [0.29, 0.717) is 10.6 Å². The zero-order chi connectivity index (χ0) is 20.7. The van der Waals surface area contributed by atoms with Crippen LogP contribution in [0.4, 0.5) is 5.00 Å². The second-order valence-electron chi connectivity index (χ2n) is 6.76. The molecule has 0 unspecified atom stereocenters. The summed E-state index contributed by atoms with van der Waals surface area (Å²) in [5.41, 5.74) is 0.373. The minimum absolute atomic E-state index is 0.195. The van der Waals surface area contributed by atoms with Crippen molar-refractivity contribution in [2.45, 2.75) is 33.3 Å². The molecule has 1 aromatic heterocycles. The maximum absolute atomic E-state index is 12.3. The summed E-state index contributed by atoms with van der Waals surface area (Å²) >= 11 is 1.33. The summed E-state index contributed by atoms with van der Waals surface area (Å²) in [7, 11) is 0. The molecular formula is C21H22N2O4S. The number of nitriles is 1. The Balaban J connectivity index is 2.35. The van der Waals surface area contributed by atoms with E-state index >= 15 is 0 Å². The van der Waals surface area contributed by atoms with Crippen LogP contribution in [0.25, 0.3) is 10.4 Å². The van der Waals surface area contributed by atoms with Crippen LogP contribution in [0.2, 0.25) is 0 Å². The van der Waals surface area contributed by atoms with Gasteiger partial charge in [-0.2, -0.15) is 5.26 Å². The highest BCUT2D eigenvalue weighted by molar-refractivity contribution is 7.19. The molecule has 0 aliphatic carbocycles. The third-order valence-electron chi connectivity index (χ3n) is 3.37. The van der Waals surface area contributed by atoms with E-state index in [2.05, 4.69) is 5.32 Å². The average Bonchev–Trinajstić information content (AvgIpc) is 3.06. The molecule has 0 spiro atoms. The molecule has 2 aromatic rings. The number of anilines is 1. The highest BCUT2D eigenvalue weighted by atomic mass is 32.1. The summed E-state index contributed by atoms with van der Waals surface area (Å²) in [5, 5.41) is 12.6. The first kappa shape index (κ1) is 21.2. The SMILES string of the molecule is CCOC(=O)c1cc(-c2ccccc2)sc1N/C=C(/C#N)C(=O)OC(C)(C)C. The number of ether oxygens (including phenoxy) is 2. The van der Waals surface area contributed by atoms with Gasteiger partial charge in [0.1, 0.15) is 16.7 Å². The Morgan fingerprint density at radius 3 is 2.50 bits per heavy atom. The van der Waals surface area contributed by atoms with Gasteiger partial charge in [0.15, 0.2) is 5.57 Å². The third kappa shape index (κ3) is 5.69. The largest absolute Gasteiger partial charge is 0.462 e. The van der Waals surface area contributed by atoms with Gasteiger partial charge in [-0.1, -0.05) is 30.3 Å². The Labute approximate surface area is 168 Å². The van der Waals surface area contributed by atoms with Crippen LogP contribution in [-0.4, -0.2) is 24.1 Å². The van der Waals surface area contributed by atoms with Gasteiger partial charge in [-0.05, 0) is 39.3 Å². The normalized spacial score (nSPS) is 11.5. The second-order valence-corrected chi connectivity index (χ2v) is 7.81. The van der Waals surface area contributed by atoms with Crippen LogP contribution in [0.1, 0.15) is 38.1 Å². The number of nitrogens with one attached hydrogen (secondary N) is 1. The predicted octanol–water partition coefficient (Wildman–Crippen LogP) is 4.75. The van der Waals surface area contributed by atoms with Gasteiger partial charge in [0.25, 0.3) is 0 Å². The van der Waals surface area contributed by atoms with Crippen molar-refractivity contribution in [2.24, 2.45) is 0 Å². The molecule has 146 valence electrons. The van der Waals surface area contributed by atoms with Gasteiger partial charge in [-0.3, -0.25) is 0 Å². The van der Waals surface area contributed by atoms with E-state index in [-0.39, 0.29) is 12.2 Å². The Morgan fingerprint density at radius 2 is 1.93 bits per heavy atom. The second kappa shape index (κ2) is 9.20. The number of thiophene rings is 1. The molecule has 1 aromatic carbocycles. The summed E-state index contributed by atoms with van der Waals surface area (Å²) in [6.45, 7) is 7.13. The summed E-state index contributed by atoms with van der Waals surface area (Å²) in [6.07, 6.45) is 1.25. The average molecular weight is 398 g/mol. The zero-order valence-electron chi connectivity index (χ0n) is 16.2. The van der Waals surface area contributed by atoms with Gasteiger partial charge < -0.3 is 14.8 Å². The van der Waals surface area contributed by atoms with Crippen molar-refractivity contribution in [3.63, 3.8) is 0 Å². The van der Waals surface area contributed by atoms with Crippen molar-refractivity contribution in [3.8, 4) is 16.5 Å². The van der Waals surface area contributed by atoms with Crippen LogP contribution in [0.15, 0.2) is 48.2 Å². The molecule has 6 nitrogen and oxygen atoms in total. The van der Waals surface area contributed by atoms with Crippen molar-refractivity contribution in [3.05, 3.63) is 53.7 Å². The van der Waals surface area contributed by atoms with Crippen molar-refractivity contribution >= 4 is 28.3 Å². The number of carbonyl (C=O) groups excluding carboxylic acids is 2. The van der Waals surface area contributed by atoms with Gasteiger partial charge in [0, 0.05) is 11.1 Å². The fourth-order valence-corrected chi connectivity index (χ4v) is 3.23. The smallest absolute Gasteiger partial charge is 0.350 e. The summed E-state index contributed by atoms with van der Waals surface area (Å²) < 4.78 is 10.3. The predicted molar refractivity (Wildman–Crippen MR) is 109 cm³/mol. The summed E-state index contributed by atoms with van der Waals surface area (Å²) in [4.78, 5) is 25.3. The first-order valence-corrected chi connectivity index (χ1v) is 9.53. The van der Waals surface area contributed by atoms with Crippen LogP contribution in [0.5, 0.6) is 0 Å². The van der Waals surface area contributed by atoms with E-state index in [4.69, 9.17) is 9.47 Å². The third-order valence-corrected chi connectivity index (χ3v) is 4.49. The lowest BCUT2D eigenvalue weighted by molar-refractivity contribution is -0.149. The molecule has 0 saturated heterocycles. The molecule has 0 amide bonds. The Kier molecular flexibility index (Phi) is 6.96. The molecular weight excluding hydrogens is 376 g/mol. The van der Waals surface area contributed by atoms with Crippen LogP contribution in [-0.2, 0) is 14.3 Å². The molecule has 0 fully saturated rings. The molecule has 0 atom stereocenters. The highest BCUT2D eigenvalue weighted by Gasteiger charge is 2.21. The first-order valence-electron chi connectivity index (χ1n) is 8.71. The van der Waals surface area contributed by atoms with Gasteiger partial charge in [-0.15, -0.1) is 11.3 Å². The van der Waals surface area contributed by atoms with E-state index in [9.17, 15) is 14.9 Å². The Hall–Kier alpha value is -3.11. The van der Waals surface area contributed by atoms with Crippen LogP contribution < -0.4 is 5.32 Å². The standard InChI is InChI=1S/C21H22N2O4S/c1-5-26-20(25)16-11-17(14-9-7-6-8-10-14)28-18(16)23-13-15(12-22)19(24)27-21(2,3)4/h6-11,13,23H,5H2,1-4H3/b15-13-. The molecule has 1 N–H and O–H groups in total. The van der Waals surface area contributed by atoms with E-state index in [1.54, 1.807) is 33.8 Å². The van der Waals surface area contributed by atoms with E-state index in [1.807, 2.05) is 36.4 Å².